The first kappa shape index (κ1) is 19.6. The summed E-state index contributed by atoms with van der Waals surface area (Å²) in [5.41, 5.74) is 3.71. The zero-order valence-electron chi connectivity index (χ0n) is 17.3. The van der Waals surface area contributed by atoms with Gasteiger partial charge in [-0.1, -0.05) is 49.7 Å². The minimum Gasteiger partial charge on any atom is -0.493 e. The number of hydrogen-bond acceptors (Lipinski definition) is 4. The number of ether oxygens (including phenoxy) is 3. The fourth-order valence-corrected chi connectivity index (χ4v) is 5.24. The second-order valence-corrected chi connectivity index (χ2v) is 7.89. The van der Waals surface area contributed by atoms with Crippen molar-refractivity contribution < 1.29 is 19.0 Å². The Hall–Kier alpha value is -2.69. The molecule has 1 heterocycles. The van der Waals surface area contributed by atoms with Crippen LogP contribution in [0.4, 0.5) is 4.79 Å². The van der Waals surface area contributed by atoms with E-state index in [1.807, 2.05) is 6.07 Å². The van der Waals surface area contributed by atoms with Crippen LogP contribution in [0.5, 0.6) is 11.5 Å². The molecule has 5 heteroatoms. The highest BCUT2D eigenvalue weighted by Gasteiger charge is 2.45. The summed E-state index contributed by atoms with van der Waals surface area (Å²) in [4.78, 5) is 11.9. The lowest BCUT2D eigenvalue weighted by Crippen LogP contribution is -2.37. The van der Waals surface area contributed by atoms with Crippen molar-refractivity contribution in [2.45, 2.75) is 44.1 Å². The molecule has 2 aromatic rings. The van der Waals surface area contributed by atoms with E-state index in [9.17, 15) is 4.79 Å². The van der Waals surface area contributed by atoms with Crippen molar-refractivity contribution in [3.63, 3.8) is 0 Å². The fraction of sp³-hybridized carbons (Fsp3) is 0.458. The number of nitrogens with one attached hydrogen (secondary N) is 1. The monoisotopic (exact) mass is 395 g/mol. The van der Waals surface area contributed by atoms with Crippen LogP contribution in [0, 0.1) is 5.92 Å². The van der Waals surface area contributed by atoms with Gasteiger partial charge in [-0.25, -0.2) is 4.79 Å². The van der Waals surface area contributed by atoms with Crippen LogP contribution < -0.4 is 14.8 Å². The van der Waals surface area contributed by atoms with Gasteiger partial charge in [0.1, 0.15) is 6.10 Å². The van der Waals surface area contributed by atoms with Crippen LogP contribution in [-0.4, -0.2) is 33.0 Å². The smallest absolute Gasteiger partial charge is 0.407 e. The number of alkyl carbamates (subject to hydrolysis) is 1. The Morgan fingerprint density at radius 2 is 1.90 bits per heavy atom. The Kier molecular flexibility index (Phi) is 5.65. The van der Waals surface area contributed by atoms with Gasteiger partial charge in [0.25, 0.3) is 0 Å². The van der Waals surface area contributed by atoms with Crippen LogP contribution in [-0.2, 0) is 11.2 Å². The molecule has 1 amide bonds. The predicted octanol–water partition coefficient (Wildman–Crippen LogP) is 4.65. The van der Waals surface area contributed by atoms with Gasteiger partial charge in [-0.2, -0.15) is 0 Å². The van der Waals surface area contributed by atoms with Crippen molar-refractivity contribution in [3.8, 4) is 11.5 Å². The first-order chi connectivity index (χ1) is 14.2. The quantitative estimate of drug-likeness (QED) is 0.773. The molecule has 29 heavy (non-hydrogen) atoms. The van der Waals surface area contributed by atoms with E-state index in [0.29, 0.717) is 18.4 Å². The summed E-state index contributed by atoms with van der Waals surface area (Å²) in [6, 6.07) is 14.8. The van der Waals surface area contributed by atoms with Crippen molar-refractivity contribution in [3.05, 3.63) is 59.2 Å². The summed E-state index contributed by atoms with van der Waals surface area (Å²) >= 11 is 0. The second-order valence-electron chi connectivity index (χ2n) is 7.89. The van der Waals surface area contributed by atoms with Crippen LogP contribution in [0.25, 0.3) is 0 Å². The number of carbonyl (C=O) groups is 1. The Morgan fingerprint density at radius 3 is 2.52 bits per heavy atom. The summed E-state index contributed by atoms with van der Waals surface area (Å²) in [5, 5.41) is 2.85. The van der Waals surface area contributed by atoms with Gasteiger partial charge in [-0.05, 0) is 41.9 Å². The molecule has 0 radical (unpaired) electrons. The number of benzene rings is 2. The predicted molar refractivity (Wildman–Crippen MR) is 112 cm³/mol. The lowest BCUT2D eigenvalue weighted by Gasteiger charge is -2.42. The third-order valence-corrected chi connectivity index (χ3v) is 6.40. The average Bonchev–Trinajstić information content (AvgIpc) is 3.18. The number of rotatable bonds is 6. The number of methoxy groups -OCH3 is 2. The van der Waals surface area contributed by atoms with Crippen LogP contribution in [0.1, 0.15) is 48.3 Å². The Bertz CT molecular complexity index is 867. The van der Waals surface area contributed by atoms with E-state index in [0.717, 1.165) is 30.8 Å². The van der Waals surface area contributed by atoms with E-state index in [1.54, 1.807) is 14.2 Å². The maximum absolute atomic E-state index is 11.9. The molecular formula is C24H29NO4. The second kappa shape index (κ2) is 8.36. The molecule has 154 valence electrons. The maximum Gasteiger partial charge on any atom is 0.407 e. The molecule has 0 bridgehead atoms. The van der Waals surface area contributed by atoms with Gasteiger partial charge in [0.05, 0.1) is 20.8 Å². The molecule has 0 aromatic heterocycles. The Morgan fingerprint density at radius 1 is 1.10 bits per heavy atom. The van der Waals surface area contributed by atoms with Crippen molar-refractivity contribution in [2.24, 2.45) is 5.92 Å². The van der Waals surface area contributed by atoms with E-state index < -0.39 is 0 Å². The molecular weight excluding hydrogens is 366 g/mol. The topological polar surface area (TPSA) is 56.8 Å². The van der Waals surface area contributed by atoms with E-state index in [-0.39, 0.29) is 18.1 Å². The molecule has 0 spiro atoms. The largest absolute Gasteiger partial charge is 0.493 e. The third kappa shape index (κ3) is 3.54. The van der Waals surface area contributed by atoms with E-state index in [1.165, 1.54) is 16.7 Å². The molecule has 5 nitrogen and oxygen atoms in total. The number of hydrogen-bond donors (Lipinski definition) is 1. The van der Waals surface area contributed by atoms with Gasteiger partial charge in [0.15, 0.2) is 11.5 Å². The van der Waals surface area contributed by atoms with Crippen molar-refractivity contribution in [1.29, 1.82) is 0 Å². The van der Waals surface area contributed by atoms with E-state index in [2.05, 4.69) is 48.6 Å². The van der Waals surface area contributed by atoms with Gasteiger partial charge < -0.3 is 19.5 Å². The Labute approximate surface area is 172 Å². The lowest BCUT2D eigenvalue weighted by molar-refractivity contribution is 0.0958. The highest BCUT2D eigenvalue weighted by atomic mass is 16.6. The molecule has 2 aromatic carbocycles. The molecule has 2 aliphatic rings. The molecule has 1 aliphatic carbocycles. The van der Waals surface area contributed by atoms with Crippen molar-refractivity contribution in [1.82, 2.24) is 5.32 Å². The van der Waals surface area contributed by atoms with Crippen molar-refractivity contribution in [2.75, 3.05) is 20.8 Å². The molecule has 1 N–H and O–H groups in total. The van der Waals surface area contributed by atoms with E-state index in [4.69, 9.17) is 14.2 Å². The molecule has 1 saturated heterocycles. The number of carbonyl (C=O) groups excluding carboxylic acids is 1. The summed E-state index contributed by atoms with van der Waals surface area (Å²) in [6.07, 6.45) is 2.54. The normalized spacial score (nSPS) is 25.7. The first-order valence-electron chi connectivity index (χ1n) is 10.4. The van der Waals surface area contributed by atoms with Crippen LogP contribution in [0.2, 0.25) is 0 Å². The van der Waals surface area contributed by atoms with Crippen LogP contribution in [0.15, 0.2) is 42.5 Å². The first-order valence-corrected chi connectivity index (χ1v) is 10.4. The van der Waals surface area contributed by atoms with Crippen LogP contribution >= 0.6 is 0 Å². The number of cyclic esters (lactones) is 1. The summed E-state index contributed by atoms with van der Waals surface area (Å²) in [5.74, 6) is 2.36. The molecule has 4 atom stereocenters. The zero-order chi connectivity index (χ0) is 20.4. The highest BCUT2D eigenvalue weighted by Crippen LogP contribution is 2.52. The molecule has 4 unspecified atom stereocenters. The molecule has 1 fully saturated rings. The third-order valence-electron chi connectivity index (χ3n) is 6.40. The molecule has 1 aliphatic heterocycles. The zero-order valence-corrected chi connectivity index (χ0v) is 17.3. The van der Waals surface area contributed by atoms with Crippen molar-refractivity contribution >= 4 is 6.09 Å². The standard InChI is InChI=1S/C24H29NO4/c1-4-8-16-18(15-9-6-5-7-10-15)13-19-17(11-12-20(27-2)23(19)28-3)22(16)21-14-25-24(26)29-21/h5-7,9-12,16,18,21-22H,4,8,13-14H2,1-3H3,(H,25,26). The van der Waals surface area contributed by atoms with Gasteiger partial charge in [-0.15, -0.1) is 0 Å². The number of fused-ring (bicyclic) bond motifs is 1. The van der Waals surface area contributed by atoms with Gasteiger partial charge in [-0.3, -0.25) is 0 Å². The molecule has 0 saturated carbocycles. The summed E-state index contributed by atoms with van der Waals surface area (Å²) in [6.45, 7) is 2.77. The minimum absolute atomic E-state index is 0.114. The van der Waals surface area contributed by atoms with Gasteiger partial charge in [0.2, 0.25) is 0 Å². The average molecular weight is 395 g/mol. The SMILES string of the molecule is CCCC1C(c2ccccc2)Cc2c(ccc(OC)c2OC)C1C1CNC(=O)O1. The lowest BCUT2D eigenvalue weighted by atomic mass is 9.63. The fourth-order valence-electron chi connectivity index (χ4n) is 5.24. The highest BCUT2D eigenvalue weighted by molar-refractivity contribution is 5.69. The summed E-state index contributed by atoms with van der Waals surface area (Å²) < 4.78 is 17.1. The maximum atomic E-state index is 11.9. The van der Waals surface area contributed by atoms with Crippen LogP contribution in [0.3, 0.4) is 0 Å². The molecule has 4 rings (SSSR count). The van der Waals surface area contributed by atoms with E-state index >= 15 is 0 Å². The minimum atomic E-state index is -0.325. The van der Waals surface area contributed by atoms with Gasteiger partial charge in [0, 0.05) is 11.5 Å². The summed E-state index contributed by atoms with van der Waals surface area (Å²) in [7, 11) is 3.36. The van der Waals surface area contributed by atoms with Gasteiger partial charge >= 0.3 is 6.09 Å². The number of amides is 1. The Balaban J connectivity index is 1.87.